The average Bonchev–Trinajstić information content (AvgIpc) is 3.16. The molecule has 9 heteroatoms. The predicted octanol–water partition coefficient (Wildman–Crippen LogP) is 2.28. The van der Waals surface area contributed by atoms with E-state index in [2.05, 4.69) is 15.5 Å². The summed E-state index contributed by atoms with van der Waals surface area (Å²) in [7, 11) is 1.73. The molecule has 1 fully saturated rings. The number of hydrogen-bond acceptors (Lipinski definition) is 8. The molecule has 31 heavy (non-hydrogen) atoms. The van der Waals surface area contributed by atoms with Crippen molar-refractivity contribution in [3.8, 4) is 5.75 Å². The van der Waals surface area contributed by atoms with Crippen molar-refractivity contribution in [3.63, 3.8) is 0 Å². The SMILES string of the molecule is CC(C)Oc1cc2nc(N3CCNCC3)sc2cc1C(=O)NC1=CC=CN(C)C1=C=O. The molecule has 0 saturated carbocycles. The Kier molecular flexibility index (Phi) is 6.08. The van der Waals surface area contributed by atoms with E-state index in [0.29, 0.717) is 17.0 Å². The molecule has 2 aliphatic heterocycles. The third-order valence-electron chi connectivity index (χ3n) is 5.00. The number of benzene rings is 1. The van der Waals surface area contributed by atoms with Crippen molar-refractivity contribution < 1.29 is 14.3 Å². The van der Waals surface area contributed by atoms with Crippen molar-refractivity contribution in [1.82, 2.24) is 20.5 Å². The van der Waals surface area contributed by atoms with Gasteiger partial charge in [0, 0.05) is 45.5 Å². The fraction of sp³-hybridized carbons (Fsp3) is 0.364. The van der Waals surface area contributed by atoms with Gasteiger partial charge in [-0.15, -0.1) is 0 Å². The van der Waals surface area contributed by atoms with Crippen LogP contribution < -0.4 is 20.3 Å². The van der Waals surface area contributed by atoms with Crippen LogP contribution in [-0.2, 0) is 4.79 Å². The summed E-state index contributed by atoms with van der Waals surface area (Å²) in [6, 6.07) is 3.64. The first-order valence-corrected chi connectivity index (χ1v) is 11.0. The number of allylic oxidation sites excluding steroid dienone is 2. The highest BCUT2D eigenvalue weighted by Gasteiger charge is 2.22. The van der Waals surface area contributed by atoms with E-state index in [1.807, 2.05) is 31.9 Å². The lowest BCUT2D eigenvalue weighted by molar-refractivity contribution is 0.0960. The first kappa shape index (κ1) is 21.1. The van der Waals surface area contributed by atoms with Crippen LogP contribution in [0.15, 0.2) is 41.9 Å². The molecule has 1 saturated heterocycles. The molecular weight excluding hydrogens is 414 g/mol. The second-order valence-electron chi connectivity index (χ2n) is 7.65. The van der Waals surface area contributed by atoms with Crippen LogP contribution in [-0.4, -0.2) is 61.1 Å². The summed E-state index contributed by atoms with van der Waals surface area (Å²) in [4.78, 5) is 33.2. The predicted molar refractivity (Wildman–Crippen MR) is 122 cm³/mol. The van der Waals surface area contributed by atoms with Gasteiger partial charge in [-0.3, -0.25) is 4.79 Å². The van der Waals surface area contributed by atoms with Crippen molar-refractivity contribution in [2.45, 2.75) is 20.0 Å². The lowest BCUT2D eigenvalue weighted by Gasteiger charge is -2.26. The first-order chi connectivity index (χ1) is 15.0. The van der Waals surface area contributed by atoms with Crippen molar-refractivity contribution in [2.75, 3.05) is 38.1 Å². The number of hydrogen-bond donors (Lipinski definition) is 2. The molecule has 3 heterocycles. The number of piperazine rings is 1. The second kappa shape index (κ2) is 8.93. The molecule has 2 N–H and O–H groups in total. The molecule has 1 aromatic heterocycles. The van der Waals surface area contributed by atoms with Gasteiger partial charge in [-0.2, -0.15) is 0 Å². The lowest BCUT2D eigenvalue weighted by Crippen LogP contribution is -2.43. The monoisotopic (exact) mass is 439 g/mol. The van der Waals surface area contributed by atoms with Gasteiger partial charge in [-0.25, -0.2) is 9.78 Å². The van der Waals surface area contributed by atoms with E-state index in [9.17, 15) is 9.59 Å². The number of nitrogens with one attached hydrogen (secondary N) is 2. The number of aromatic nitrogens is 1. The zero-order valence-corrected chi connectivity index (χ0v) is 18.6. The maximum absolute atomic E-state index is 13.2. The standard InChI is InChI=1S/C22H25N5O3S/c1-14(2)30-19-12-17-20(31-22(25-17)27-9-6-23-7-10-27)11-15(19)21(29)24-16-5-4-8-26(3)18(16)13-28/h4-5,8,11-12,14,23H,6-7,9-10H2,1-3H3,(H,24,29). The number of ether oxygens (including phenoxy) is 1. The summed E-state index contributed by atoms with van der Waals surface area (Å²) < 4.78 is 6.86. The molecule has 8 nitrogen and oxygen atoms in total. The van der Waals surface area contributed by atoms with Gasteiger partial charge in [-0.1, -0.05) is 11.3 Å². The van der Waals surface area contributed by atoms with Crippen LogP contribution in [0.1, 0.15) is 24.2 Å². The fourth-order valence-corrected chi connectivity index (χ4v) is 4.53. The van der Waals surface area contributed by atoms with Crippen LogP contribution in [0.5, 0.6) is 5.75 Å². The van der Waals surface area contributed by atoms with Crippen LogP contribution in [0.25, 0.3) is 10.2 Å². The van der Waals surface area contributed by atoms with Gasteiger partial charge in [0.25, 0.3) is 5.91 Å². The first-order valence-electron chi connectivity index (χ1n) is 10.2. The number of nitrogens with zero attached hydrogens (tertiary/aromatic N) is 3. The number of thiazole rings is 1. The Morgan fingerprint density at radius 1 is 1.32 bits per heavy atom. The third-order valence-corrected chi connectivity index (χ3v) is 6.08. The van der Waals surface area contributed by atoms with E-state index in [4.69, 9.17) is 9.72 Å². The van der Waals surface area contributed by atoms with Gasteiger partial charge >= 0.3 is 0 Å². The maximum Gasteiger partial charge on any atom is 0.259 e. The molecule has 2 aromatic rings. The van der Waals surface area contributed by atoms with Gasteiger partial charge in [0.05, 0.1) is 27.6 Å². The second-order valence-corrected chi connectivity index (χ2v) is 8.66. The van der Waals surface area contributed by atoms with Gasteiger partial charge in [-0.05, 0) is 32.1 Å². The third kappa shape index (κ3) is 4.49. The number of rotatable bonds is 5. The minimum absolute atomic E-state index is 0.108. The Morgan fingerprint density at radius 2 is 2.10 bits per heavy atom. The zero-order valence-electron chi connectivity index (χ0n) is 17.8. The number of carbonyl (C=O) groups is 1. The Morgan fingerprint density at radius 3 is 2.81 bits per heavy atom. The normalized spacial score (nSPS) is 16.5. The highest BCUT2D eigenvalue weighted by Crippen LogP contribution is 2.34. The van der Waals surface area contributed by atoms with Gasteiger partial charge in [0.15, 0.2) is 11.1 Å². The number of likely N-dealkylation sites (N-methyl/N-ethyl adjacent to an activating group) is 1. The Balaban J connectivity index is 1.69. The van der Waals surface area contributed by atoms with Gasteiger partial charge < -0.3 is 25.2 Å². The summed E-state index contributed by atoms with van der Waals surface area (Å²) in [5.41, 5.74) is 1.87. The van der Waals surface area contributed by atoms with E-state index in [0.717, 1.165) is 41.5 Å². The lowest BCUT2D eigenvalue weighted by atomic mass is 10.1. The highest BCUT2D eigenvalue weighted by atomic mass is 32.1. The number of amides is 1. The molecule has 0 unspecified atom stereocenters. The Labute approximate surface area is 184 Å². The van der Waals surface area contributed by atoms with Gasteiger partial charge in [0.1, 0.15) is 11.4 Å². The maximum atomic E-state index is 13.2. The van der Waals surface area contributed by atoms with Crippen molar-refractivity contribution in [2.24, 2.45) is 0 Å². The topological polar surface area (TPSA) is 86.8 Å². The summed E-state index contributed by atoms with van der Waals surface area (Å²) in [5.74, 6) is 2.00. The van der Waals surface area contributed by atoms with Crippen LogP contribution >= 0.6 is 11.3 Å². The molecule has 0 spiro atoms. The highest BCUT2D eigenvalue weighted by molar-refractivity contribution is 7.22. The van der Waals surface area contributed by atoms with Crippen molar-refractivity contribution >= 4 is 38.5 Å². The van der Waals surface area contributed by atoms with Crippen LogP contribution in [0.3, 0.4) is 0 Å². The molecule has 4 rings (SSSR count). The van der Waals surface area contributed by atoms with E-state index in [-0.39, 0.29) is 17.7 Å². The Hall–Kier alpha value is -3.13. The number of anilines is 1. The van der Waals surface area contributed by atoms with Gasteiger partial charge in [0.2, 0.25) is 0 Å². The molecule has 2 aliphatic rings. The molecule has 162 valence electrons. The summed E-state index contributed by atoms with van der Waals surface area (Å²) in [6.45, 7) is 7.48. The van der Waals surface area contributed by atoms with Crippen LogP contribution in [0.2, 0.25) is 0 Å². The summed E-state index contributed by atoms with van der Waals surface area (Å²) >= 11 is 1.56. The molecule has 0 atom stereocenters. The minimum atomic E-state index is -0.350. The molecule has 1 aromatic carbocycles. The number of fused-ring (bicyclic) bond motifs is 1. The molecule has 0 aliphatic carbocycles. The van der Waals surface area contributed by atoms with Crippen molar-refractivity contribution in [1.29, 1.82) is 0 Å². The molecule has 0 radical (unpaired) electrons. The average molecular weight is 440 g/mol. The minimum Gasteiger partial charge on any atom is -0.490 e. The van der Waals surface area contributed by atoms with E-state index < -0.39 is 0 Å². The molecule has 1 amide bonds. The van der Waals surface area contributed by atoms with Crippen molar-refractivity contribution in [3.05, 3.63) is 47.4 Å². The van der Waals surface area contributed by atoms with Crippen LogP contribution in [0.4, 0.5) is 5.13 Å². The number of carbonyl (C=O) groups excluding carboxylic acids is 2. The molecule has 0 bridgehead atoms. The molecular formula is C22H25N5O3S. The Bertz CT molecular complexity index is 1110. The smallest absolute Gasteiger partial charge is 0.259 e. The van der Waals surface area contributed by atoms with E-state index in [1.165, 1.54) is 0 Å². The van der Waals surface area contributed by atoms with E-state index in [1.54, 1.807) is 41.6 Å². The summed E-state index contributed by atoms with van der Waals surface area (Å²) in [6.07, 6.45) is 5.05. The fourth-order valence-electron chi connectivity index (χ4n) is 3.49. The van der Waals surface area contributed by atoms with Crippen LogP contribution in [0, 0.1) is 0 Å². The van der Waals surface area contributed by atoms with E-state index >= 15 is 0 Å². The largest absolute Gasteiger partial charge is 0.490 e. The zero-order chi connectivity index (χ0) is 22.0. The quantitative estimate of drug-likeness (QED) is 0.691. The summed E-state index contributed by atoms with van der Waals surface area (Å²) in [5, 5.41) is 7.12.